The first-order chi connectivity index (χ1) is 12.5. The van der Waals surface area contributed by atoms with E-state index in [2.05, 4.69) is 4.90 Å². The number of aliphatic hydroxyl groups excluding tert-OH is 1. The number of rotatable bonds is 6. The first kappa shape index (κ1) is 18.9. The van der Waals surface area contributed by atoms with Gasteiger partial charge in [0.1, 0.15) is 18.5 Å². The zero-order valence-electron chi connectivity index (χ0n) is 15.4. The van der Waals surface area contributed by atoms with Gasteiger partial charge in [0.25, 0.3) is 5.91 Å². The molecule has 1 aliphatic heterocycles. The number of amides is 1. The Labute approximate surface area is 158 Å². The minimum Gasteiger partial charge on any atom is -0.491 e. The summed E-state index contributed by atoms with van der Waals surface area (Å²) in [6.45, 7) is 7.79. The van der Waals surface area contributed by atoms with Crippen molar-refractivity contribution in [2.24, 2.45) is 0 Å². The fourth-order valence-corrected chi connectivity index (χ4v) is 3.93. The van der Waals surface area contributed by atoms with Gasteiger partial charge in [0, 0.05) is 37.6 Å². The van der Waals surface area contributed by atoms with Crippen molar-refractivity contribution in [3.05, 3.63) is 51.7 Å². The van der Waals surface area contributed by atoms with Crippen LogP contribution >= 0.6 is 11.3 Å². The summed E-state index contributed by atoms with van der Waals surface area (Å²) in [5, 5.41) is 10.3. The van der Waals surface area contributed by atoms with Gasteiger partial charge < -0.3 is 14.7 Å². The summed E-state index contributed by atoms with van der Waals surface area (Å²) in [4.78, 5) is 18.5. The van der Waals surface area contributed by atoms with Gasteiger partial charge in [-0.25, -0.2) is 0 Å². The number of carbonyl (C=O) groups is 1. The molecule has 1 amide bonds. The van der Waals surface area contributed by atoms with E-state index in [0.717, 1.165) is 34.2 Å². The lowest BCUT2D eigenvalue weighted by atomic mass is 10.2. The lowest BCUT2D eigenvalue weighted by Crippen LogP contribution is -2.50. The number of thiophene rings is 1. The fourth-order valence-electron chi connectivity index (χ4n) is 3.09. The average molecular weight is 375 g/mol. The molecule has 1 atom stereocenters. The van der Waals surface area contributed by atoms with Gasteiger partial charge >= 0.3 is 0 Å². The number of carbonyl (C=O) groups excluding carboxylic acids is 1. The minimum atomic E-state index is -0.545. The number of nitrogens with zero attached hydrogens (tertiary/aromatic N) is 2. The van der Waals surface area contributed by atoms with Crippen LogP contribution in [0.15, 0.2) is 36.4 Å². The second kappa shape index (κ2) is 8.66. The fraction of sp³-hybridized carbons (Fsp3) is 0.450. The average Bonchev–Trinajstić information content (AvgIpc) is 3.07. The molecule has 0 radical (unpaired) electrons. The maximum atomic E-state index is 12.5. The van der Waals surface area contributed by atoms with Crippen molar-refractivity contribution >= 4 is 17.2 Å². The molecule has 0 aliphatic carbocycles. The molecule has 1 aromatic heterocycles. The normalized spacial score (nSPS) is 16.5. The van der Waals surface area contributed by atoms with Crippen molar-refractivity contribution in [1.29, 1.82) is 0 Å². The number of β-amino-alcohol motifs (C(OH)–C–C–N with tert-alkyl or cyclic N) is 1. The van der Waals surface area contributed by atoms with E-state index in [-0.39, 0.29) is 12.5 Å². The standard InChI is InChI=1S/C20H26N2O3S/c1-15-5-3-4-6-18(15)25-14-17(23)13-21-9-11-22(12-10-21)20(24)19-8-7-16(2)26-19/h3-8,17,23H,9-14H2,1-2H3. The topological polar surface area (TPSA) is 53.0 Å². The van der Waals surface area contributed by atoms with E-state index in [0.29, 0.717) is 19.6 Å². The Balaban J connectivity index is 1.42. The largest absolute Gasteiger partial charge is 0.491 e. The van der Waals surface area contributed by atoms with Gasteiger partial charge in [0.15, 0.2) is 0 Å². The van der Waals surface area contributed by atoms with Crippen molar-refractivity contribution in [3.63, 3.8) is 0 Å². The highest BCUT2D eigenvalue weighted by atomic mass is 32.1. The van der Waals surface area contributed by atoms with Crippen LogP contribution in [0.5, 0.6) is 5.75 Å². The smallest absolute Gasteiger partial charge is 0.264 e. The summed E-state index contributed by atoms with van der Waals surface area (Å²) in [7, 11) is 0. The second-order valence-electron chi connectivity index (χ2n) is 6.73. The number of hydrogen-bond donors (Lipinski definition) is 1. The summed E-state index contributed by atoms with van der Waals surface area (Å²) in [6.07, 6.45) is -0.545. The molecule has 1 saturated heterocycles. The highest BCUT2D eigenvalue weighted by Gasteiger charge is 2.24. The Bertz CT molecular complexity index is 738. The molecule has 0 saturated carbocycles. The number of aryl methyl sites for hydroxylation is 2. The summed E-state index contributed by atoms with van der Waals surface area (Å²) in [6, 6.07) is 11.7. The van der Waals surface area contributed by atoms with E-state index in [1.165, 1.54) is 0 Å². The zero-order valence-corrected chi connectivity index (χ0v) is 16.2. The Morgan fingerprint density at radius 3 is 2.54 bits per heavy atom. The summed E-state index contributed by atoms with van der Waals surface area (Å²) in [5.41, 5.74) is 1.07. The Morgan fingerprint density at radius 1 is 1.15 bits per heavy atom. The van der Waals surface area contributed by atoms with Crippen LogP contribution in [0.4, 0.5) is 0 Å². The van der Waals surface area contributed by atoms with Gasteiger partial charge in [-0.05, 0) is 37.6 Å². The summed E-state index contributed by atoms with van der Waals surface area (Å²) in [5.74, 6) is 0.930. The van der Waals surface area contributed by atoms with Gasteiger partial charge in [-0.2, -0.15) is 0 Å². The number of aliphatic hydroxyl groups is 1. The number of ether oxygens (including phenoxy) is 1. The van der Waals surface area contributed by atoms with E-state index in [4.69, 9.17) is 4.74 Å². The molecule has 140 valence electrons. The van der Waals surface area contributed by atoms with Crippen LogP contribution in [0.1, 0.15) is 20.1 Å². The molecule has 1 aliphatic rings. The summed E-state index contributed by atoms with van der Waals surface area (Å²) >= 11 is 1.55. The third-order valence-corrected chi connectivity index (χ3v) is 5.59. The second-order valence-corrected chi connectivity index (χ2v) is 8.02. The van der Waals surface area contributed by atoms with Crippen LogP contribution in [0.25, 0.3) is 0 Å². The highest BCUT2D eigenvalue weighted by Crippen LogP contribution is 2.19. The van der Waals surface area contributed by atoms with E-state index >= 15 is 0 Å². The molecule has 0 spiro atoms. The van der Waals surface area contributed by atoms with Crippen molar-refractivity contribution in [3.8, 4) is 5.75 Å². The molecule has 2 heterocycles. The van der Waals surface area contributed by atoms with Crippen molar-refractivity contribution in [2.75, 3.05) is 39.3 Å². The quantitative estimate of drug-likeness (QED) is 0.844. The molecule has 26 heavy (non-hydrogen) atoms. The van der Waals surface area contributed by atoms with Crippen LogP contribution in [-0.2, 0) is 0 Å². The lowest BCUT2D eigenvalue weighted by molar-refractivity contribution is 0.0405. The Hall–Kier alpha value is -1.89. The first-order valence-corrected chi connectivity index (χ1v) is 9.79. The molecule has 3 rings (SSSR count). The molecule has 1 fully saturated rings. The van der Waals surface area contributed by atoms with Gasteiger partial charge in [-0.15, -0.1) is 11.3 Å². The third kappa shape index (κ3) is 4.84. The van der Waals surface area contributed by atoms with Crippen molar-refractivity contribution in [1.82, 2.24) is 9.80 Å². The predicted molar refractivity (Wildman–Crippen MR) is 104 cm³/mol. The predicted octanol–water partition coefficient (Wildman–Crippen LogP) is 2.56. The molecular formula is C20H26N2O3S. The van der Waals surface area contributed by atoms with E-state index < -0.39 is 6.10 Å². The van der Waals surface area contributed by atoms with Crippen LogP contribution in [0, 0.1) is 13.8 Å². The molecule has 6 heteroatoms. The molecule has 2 aromatic rings. The molecule has 0 bridgehead atoms. The van der Waals surface area contributed by atoms with E-state index in [9.17, 15) is 9.90 Å². The van der Waals surface area contributed by atoms with Crippen LogP contribution in [-0.4, -0.2) is 66.2 Å². The Morgan fingerprint density at radius 2 is 1.88 bits per heavy atom. The van der Waals surface area contributed by atoms with Crippen molar-refractivity contribution < 1.29 is 14.6 Å². The molecule has 1 unspecified atom stereocenters. The van der Waals surface area contributed by atoms with Crippen LogP contribution in [0.3, 0.4) is 0 Å². The minimum absolute atomic E-state index is 0.117. The van der Waals surface area contributed by atoms with Crippen LogP contribution < -0.4 is 4.74 Å². The lowest BCUT2D eigenvalue weighted by Gasteiger charge is -2.35. The molecule has 5 nitrogen and oxygen atoms in total. The number of piperazine rings is 1. The van der Waals surface area contributed by atoms with Crippen molar-refractivity contribution in [2.45, 2.75) is 20.0 Å². The number of hydrogen-bond acceptors (Lipinski definition) is 5. The SMILES string of the molecule is Cc1ccc(C(=O)N2CCN(CC(O)COc3ccccc3C)CC2)s1. The maximum absolute atomic E-state index is 12.5. The van der Waals surface area contributed by atoms with Gasteiger partial charge in [0.05, 0.1) is 4.88 Å². The number of para-hydroxylation sites is 1. The van der Waals surface area contributed by atoms with Crippen LogP contribution in [0.2, 0.25) is 0 Å². The highest BCUT2D eigenvalue weighted by molar-refractivity contribution is 7.13. The number of benzene rings is 1. The third-order valence-electron chi connectivity index (χ3n) is 4.60. The van der Waals surface area contributed by atoms with Gasteiger partial charge in [-0.1, -0.05) is 18.2 Å². The molecule has 1 N–H and O–H groups in total. The van der Waals surface area contributed by atoms with E-state index in [1.54, 1.807) is 11.3 Å². The monoisotopic (exact) mass is 374 g/mol. The Kier molecular flexibility index (Phi) is 6.29. The first-order valence-electron chi connectivity index (χ1n) is 8.97. The van der Waals surface area contributed by atoms with Gasteiger partial charge in [-0.3, -0.25) is 9.69 Å². The zero-order chi connectivity index (χ0) is 18.5. The maximum Gasteiger partial charge on any atom is 0.264 e. The molecular weight excluding hydrogens is 348 g/mol. The van der Waals surface area contributed by atoms with E-state index in [1.807, 2.05) is 55.1 Å². The van der Waals surface area contributed by atoms with Gasteiger partial charge in [0.2, 0.25) is 0 Å². The summed E-state index contributed by atoms with van der Waals surface area (Å²) < 4.78 is 5.72. The molecule has 1 aromatic carbocycles.